The predicted molar refractivity (Wildman–Crippen MR) is 74.3 cm³/mol. The molecule has 3 atom stereocenters. The number of hydrogen-bond acceptors (Lipinski definition) is 2. The lowest BCUT2D eigenvalue weighted by molar-refractivity contribution is -0.0270. The van der Waals surface area contributed by atoms with Crippen molar-refractivity contribution in [1.29, 1.82) is 0 Å². The Balaban J connectivity index is 2.49. The molecule has 0 radical (unpaired) electrons. The molecule has 0 aliphatic heterocycles. The molecule has 2 heteroatoms. The second-order valence-corrected chi connectivity index (χ2v) is 6.53. The van der Waals surface area contributed by atoms with E-state index in [2.05, 4.69) is 40.1 Å². The van der Waals surface area contributed by atoms with Crippen LogP contribution in [-0.2, 0) is 4.74 Å². The van der Waals surface area contributed by atoms with Crippen molar-refractivity contribution in [2.45, 2.75) is 71.9 Å². The van der Waals surface area contributed by atoms with E-state index in [1.54, 1.807) is 0 Å². The molecule has 1 saturated carbocycles. The van der Waals surface area contributed by atoms with Gasteiger partial charge in [-0.15, -0.1) is 0 Å². The lowest BCUT2D eigenvalue weighted by Gasteiger charge is -2.41. The molecule has 0 aromatic carbocycles. The summed E-state index contributed by atoms with van der Waals surface area (Å²) in [5.41, 5.74) is 0.422. The summed E-state index contributed by atoms with van der Waals surface area (Å²) < 4.78 is 6.09. The molecule has 0 aromatic heterocycles. The molecular weight excluding hydrogens is 210 g/mol. The third-order valence-electron chi connectivity index (χ3n) is 4.22. The normalized spacial score (nSPS) is 30.5. The summed E-state index contributed by atoms with van der Waals surface area (Å²) in [7, 11) is 2.07. The first-order chi connectivity index (χ1) is 7.99. The Morgan fingerprint density at radius 1 is 1.24 bits per heavy atom. The van der Waals surface area contributed by atoms with Crippen LogP contribution >= 0.6 is 0 Å². The molecule has 0 bridgehead atoms. The van der Waals surface area contributed by atoms with Crippen LogP contribution in [0.5, 0.6) is 0 Å². The quantitative estimate of drug-likeness (QED) is 0.743. The van der Waals surface area contributed by atoms with Crippen molar-refractivity contribution in [2.24, 2.45) is 11.3 Å². The van der Waals surface area contributed by atoms with Gasteiger partial charge in [0.25, 0.3) is 0 Å². The fraction of sp³-hybridized carbons (Fsp3) is 1.00. The molecule has 0 aromatic rings. The molecule has 0 amide bonds. The van der Waals surface area contributed by atoms with E-state index in [9.17, 15) is 0 Å². The molecule has 0 heterocycles. The highest BCUT2D eigenvalue weighted by molar-refractivity contribution is 4.89. The molecule has 0 saturated heterocycles. The number of hydrogen-bond donors (Lipinski definition) is 1. The first-order valence-corrected chi connectivity index (χ1v) is 7.28. The third-order valence-corrected chi connectivity index (χ3v) is 4.22. The first-order valence-electron chi connectivity index (χ1n) is 7.28. The highest BCUT2D eigenvalue weighted by Gasteiger charge is 2.35. The van der Waals surface area contributed by atoms with Gasteiger partial charge in [-0.1, -0.05) is 34.1 Å². The Morgan fingerprint density at radius 2 is 1.94 bits per heavy atom. The van der Waals surface area contributed by atoms with Gasteiger partial charge in [0.2, 0.25) is 0 Å². The highest BCUT2D eigenvalue weighted by atomic mass is 16.5. The predicted octanol–water partition coefficient (Wildman–Crippen LogP) is 3.61. The van der Waals surface area contributed by atoms with Gasteiger partial charge < -0.3 is 10.1 Å². The minimum atomic E-state index is 0.421. The average molecular weight is 241 g/mol. The van der Waals surface area contributed by atoms with E-state index in [1.807, 2.05) is 0 Å². The van der Waals surface area contributed by atoms with Gasteiger partial charge >= 0.3 is 0 Å². The van der Waals surface area contributed by atoms with E-state index in [4.69, 9.17) is 4.74 Å². The molecule has 1 aliphatic rings. The number of nitrogens with one attached hydrogen (secondary N) is 1. The Kier molecular flexibility index (Phi) is 5.94. The van der Waals surface area contributed by atoms with E-state index in [0.29, 0.717) is 17.6 Å². The topological polar surface area (TPSA) is 21.3 Å². The summed E-state index contributed by atoms with van der Waals surface area (Å²) in [4.78, 5) is 0. The first kappa shape index (κ1) is 15.0. The lowest BCUT2D eigenvalue weighted by atomic mass is 9.70. The van der Waals surface area contributed by atoms with Crippen molar-refractivity contribution in [3.05, 3.63) is 0 Å². The largest absolute Gasteiger partial charge is 0.377 e. The minimum Gasteiger partial charge on any atom is -0.377 e. The van der Waals surface area contributed by atoms with E-state index >= 15 is 0 Å². The van der Waals surface area contributed by atoms with Crippen molar-refractivity contribution in [3.8, 4) is 0 Å². The maximum Gasteiger partial charge on any atom is 0.0730 e. The van der Waals surface area contributed by atoms with Crippen molar-refractivity contribution < 1.29 is 4.74 Å². The minimum absolute atomic E-state index is 0.421. The van der Waals surface area contributed by atoms with Gasteiger partial charge in [-0.05, 0) is 44.1 Å². The second-order valence-electron chi connectivity index (χ2n) is 6.53. The van der Waals surface area contributed by atoms with Crippen molar-refractivity contribution in [1.82, 2.24) is 5.32 Å². The van der Waals surface area contributed by atoms with Gasteiger partial charge in [-0.3, -0.25) is 0 Å². The fourth-order valence-electron chi connectivity index (χ4n) is 2.81. The molecule has 1 aliphatic carbocycles. The zero-order chi connectivity index (χ0) is 12.9. The molecule has 17 heavy (non-hydrogen) atoms. The summed E-state index contributed by atoms with van der Waals surface area (Å²) >= 11 is 0. The van der Waals surface area contributed by atoms with Gasteiger partial charge in [0.15, 0.2) is 0 Å². The van der Waals surface area contributed by atoms with Gasteiger partial charge in [-0.2, -0.15) is 0 Å². The SMILES string of the molecule is CCCCOC1CC(C(C)(C)C)CCC1NC. The summed E-state index contributed by atoms with van der Waals surface area (Å²) in [6, 6.07) is 0.561. The van der Waals surface area contributed by atoms with Crippen LogP contribution in [0.2, 0.25) is 0 Å². The third kappa shape index (κ3) is 4.59. The molecule has 1 fully saturated rings. The Bertz CT molecular complexity index is 209. The monoisotopic (exact) mass is 241 g/mol. The molecule has 0 spiro atoms. The maximum atomic E-state index is 6.09. The Labute approximate surface area is 108 Å². The van der Waals surface area contributed by atoms with E-state index in [1.165, 1.54) is 32.1 Å². The second kappa shape index (κ2) is 6.75. The van der Waals surface area contributed by atoms with Crippen LogP contribution < -0.4 is 5.32 Å². The van der Waals surface area contributed by atoms with Crippen molar-refractivity contribution in [2.75, 3.05) is 13.7 Å². The van der Waals surface area contributed by atoms with Crippen LogP contribution in [-0.4, -0.2) is 25.8 Å². The molecule has 1 rings (SSSR count). The fourth-order valence-corrected chi connectivity index (χ4v) is 2.81. The summed E-state index contributed by atoms with van der Waals surface area (Å²) in [5.74, 6) is 0.804. The van der Waals surface area contributed by atoms with Crippen LogP contribution in [0.3, 0.4) is 0 Å². The standard InChI is InChI=1S/C15H31NO/c1-6-7-10-17-14-11-12(15(2,3)4)8-9-13(14)16-5/h12-14,16H,6-11H2,1-5H3. The number of unbranched alkanes of at least 4 members (excludes halogenated alkanes) is 1. The average Bonchev–Trinajstić information content (AvgIpc) is 2.28. The molecule has 1 N–H and O–H groups in total. The van der Waals surface area contributed by atoms with Gasteiger partial charge in [-0.25, -0.2) is 0 Å². The molecule has 3 unspecified atom stereocenters. The zero-order valence-electron chi connectivity index (χ0n) is 12.4. The van der Waals surface area contributed by atoms with E-state index in [0.717, 1.165) is 12.5 Å². The van der Waals surface area contributed by atoms with Crippen molar-refractivity contribution >= 4 is 0 Å². The van der Waals surface area contributed by atoms with Crippen LogP contribution in [0.1, 0.15) is 59.8 Å². The number of rotatable bonds is 5. The lowest BCUT2D eigenvalue weighted by Crippen LogP contribution is -2.46. The summed E-state index contributed by atoms with van der Waals surface area (Å²) in [6.07, 6.45) is 6.65. The maximum absolute atomic E-state index is 6.09. The summed E-state index contributed by atoms with van der Waals surface area (Å²) in [5, 5.41) is 3.43. The number of ether oxygens (including phenoxy) is 1. The van der Waals surface area contributed by atoms with Crippen LogP contribution in [0.25, 0.3) is 0 Å². The highest BCUT2D eigenvalue weighted by Crippen LogP contribution is 2.38. The van der Waals surface area contributed by atoms with E-state index < -0.39 is 0 Å². The molecular formula is C15H31NO. The smallest absolute Gasteiger partial charge is 0.0730 e. The van der Waals surface area contributed by atoms with Gasteiger partial charge in [0.05, 0.1) is 6.10 Å². The van der Waals surface area contributed by atoms with Crippen LogP contribution in [0.4, 0.5) is 0 Å². The number of likely N-dealkylation sites (N-methyl/N-ethyl adjacent to an activating group) is 1. The van der Waals surface area contributed by atoms with Gasteiger partial charge in [0, 0.05) is 12.6 Å². The zero-order valence-corrected chi connectivity index (χ0v) is 12.4. The summed E-state index contributed by atoms with van der Waals surface area (Å²) in [6.45, 7) is 10.2. The Hall–Kier alpha value is -0.0800. The molecule has 2 nitrogen and oxygen atoms in total. The van der Waals surface area contributed by atoms with Crippen molar-refractivity contribution in [3.63, 3.8) is 0 Å². The van der Waals surface area contributed by atoms with Crippen LogP contribution in [0.15, 0.2) is 0 Å². The Morgan fingerprint density at radius 3 is 2.47 bits per heavy atom. The van der Waals surface area contributed by atoms with Crippen LogP contribution in [0, 0.1) is 11.3 Å². The van der Waals surface area contributed by atoms with E-state index in [-0.39, 0.29) is 0 Å². The van der Waals surface area contributed by atoms with Gasteiger partial charge in [0.1, 0.15) is 0 Å². The molecule has 102 valence electrons.